The van der Waals surface area contributed by atoms with E-state index in [1.165, 1.54) is 45.2 Å². The summed E-state index contributed by atoms with van der Waals surface area (Å²) in [4.78, 5) is 2.38. The van der Waals surface area contributed by atoms with Gasteiger partial charge in [0.05, 0.1) is 6.54 Å². The molecule has 0 bridgehead atoms. The molecule has 0 amide bonds. The van der Waals surface area contributed by atoms with Crippen molar-refractivity contribution in [3.8, 4) is 12.3 Å². The Kier molecular flexibility index (Phi) is 12.1. The van der Waals surface area contributed by atoms with E-state index in [2.05, 4.69) is 30.0 Å². The molecule has 0 rings (SSSR count). The maximum absolute atomic E-state index is 5.35. The molecule has 0 radical (unpaired) electrons. The summed E-state index contributed by atoms with van der Waals surface area (Å²) in [6.07, 6.45) is 11.8. The van der Waals surface area contributed by atoms with Gasteiger partial charge in [0.25, 0.3) is 0 Å². The minimum Gasteiger partial charge on any atom is -0.317 e. The summed E-state index contributed by atoms with van der Waals surface area (Å²) in [5, 5.41) is 3.35. The van der Waals surface area contributed by atoms with Crippen molar-refractivity contribution in [2.45, 2.75) is 46.0 Å². The third-order valence-electron chi connectivity index (χ3n) is 2.68. The molecule has 94 valence electrons. The summed E-state index contributed by atoms with van der Waals surface area (Å²) in [5.41, 5.74) is 0. The number of nitrogens with zero attached hydrogens (tertiary/aromatic N) is 1. The molecule has 2 nitrogen and oxygen atoms in total. The van der Waals surface area contributed by atoms with Crippen LogP contribution in [0, 0.1) is 12.3 Å². The van der Waals surface area contributed by atoms with Gasteiger partial charge in [-0.2, -0.15) is 0 Å². The molecule has 0 atom stereocenters. The molecule has 0 aromatic heterocycles. The molecule has 0 aromatic rings. The van der Waals surface area contributed by atoms with Gasteiger partial charge in [0.1, 0.15) is 0 Å². The highest BCUT2D eigenvalue weighted by atomic mass is 15.1. The summed E-state index contributed by atoms with van der Waals surface area (Å²) in [7, 11) is 0. The van der Waals surface area contributed by atoms with E-state index >= 15 is 0 Å². The number of rotatable bonds is 11. The Morgan fingerprint density at radius 3 is 2.44 bits per heavy atom. The minimum atomic E-state index is 0.811. The van der Waals surface area contributed by atoms with Gasteiger partial charge in [-0.15, -0.1) is 6.42 Å². The average Bonchev–Trinajstić information content (AvgIpc) is 2.28. The third-order valence-corrected chi connectivity index (χ3v) is 2.68. The Hall–Kier alpha value is -0.520. The molecule has 0 fully saturated rings. The summed E-state index contributed by atoms with van der Waals surface area (Å²) < 4.78 is 0. The molecule has 0 aliphatic rings. The van der Waals surface area contributed by atoms with Gasteiger partial charge in [0, 0.05) is 0 Å². The van der Waals surface area contributed by atoms with E-state index in [4.69, 9.17) is 6.42 Å². The predicted octanol–water partition coefficient (Wildman–Crippen LogP) is 2.50. The van der Waals surface area contributed by atoms with Crippen molar-refractivity contribution in [1.29, 1.82) is 0 Å². The van der Waals surface area contributed by atoms with E-state index in [9.17, 15) is 0 Å². The van der Waals surface area contributed by atoms with Gasteiger partial charge in [0.2, 0.25) is 0 Å². The van der Waals surface area contributed by atoms with Crippen LogP contribution in [0.1, 0.15) is 46.0 Å². The Morgan fingerprint density at radius 2 is 1.81 bits per heavy atom. The van der Waals surface area contributed by atoms with Crippen LogP contribution in [0.25, 0.3) is 0 Å². The Morgan fingerprint density at radius 1 is 1.06 bits per heavy atom. The summed E-state index contributed by atoms with van der Waals surface area (Å²) >= 11 is 0. The number of nitrogens with one attached hydrogen (secondary N) is 1. The Bertz CT molecular complexity index is 172. The lowest BCUT2D eigenvalue weighted by Crippen LogP contribution is -2.26. The fourth-order valence-corrected chi connectivity index (χ4v) is 1.83. The molecule has 2 heteroatoms. The summed E-state index contributed by atoms with van der Waals surface area (Å²) in [6.45, 7) is 9.74. The van der Waals surface area contributed by atoms with Crippen molar-refractivity contribution >= 4 is 0 Å². The molecule has 0 heterocycles. The van der Waals surface area contributed by atoms with Crippen LogP contribution in [0.4, 0.5) is 0 Å². The van der Waals surface area contributed by atoms with E-state index in [0.717, 1.165) is 19.6 Å². The van der Waals surface area contributed by atoms with Crippen LogP contribution in [0.15, 0.2) is 0 Å². The van der Waals surface area contributed by atoms with E-state index in [1.807, 2.05) is 0 Å². The monoisotopic (exact) mass is 224 g/mol. The van der Waals surface area contributed by atoms with Crippen molar-refractivity contribution in [3.63, 3.8) is 0 Å². The van der Waals surface area contributed by atoms with Crippen molar-refractivity contribution in [2.24, 2.45) is 0 Å². The van der Waals surface area contributed by atoms with Gasteiger partial charge in [0.15, 0.2) is 0 Å². The molecular formula is C14H28N2. The molecule has 0 aromatic carbocycles. The van der Waals surface area contributed by atoms with Crippen molar-refractivity contribution in [3.05, 3.63) is 0 Å². The molecule has 0 unspecified atom stereocenters. The van der Waals surface area contributed by atoms with E-state index in [1.54, 1.807) is 0 Å². The summed E-state index contributed by atoms with van der Waals surface area (Å²) in [5.74, 6) is 2.74. The van der Waals surface area contributed by atoms with Crippen LogP contribution < -0.4 is 5.32 Å². The zero-order chi connectivity index (χ0) is 12.1. The first kappa shape index (κ1) is 15.5. The smallest absolute Gasteiger partial charge is 0.0598 e. The maximum Gasteiger partial charge on any atom is 0.0598 e. The molecule has 1 N–H and O–H groups in total. The molecular weight excluding hydrogens is 196 g/mol. The largest absolute Gasteiger partial charge is 0.317 e. The van der Waals surface area contributed by atoms with Crippen LogP contribution in [0.5, 0.6) is 0 Å². The van der Waals surface area contributed by atoms with Crippen LogP contribution in [0.3, 0.4) is 0 Å². The average molecular weight is 224 g/mol. The zero-order valence-electron chi connectivity index (χ0n) is 11.1. The van der Waals surface area contributed by atoms with E-state index in [0.29, 0.717) is 0 Å². The number of hydrogen-bond acceptors (Lipinski definition) is 2. The van der Waals surface area contributed by atoms with E-state index in [-0.39, 0.29) is 0 Å². The lowest BCUT2D eigenvalue weighted by Gasteiger charge is -2.18. The quantitative estimate of drug-likeness (QED) is 0.428. The highest BCUT2D eigenvalue weighted by Gasteiger charge is 2.00. The lowest BCUT2D eigenvalue weighted by atomic mass is 10.2. The maximum atomic E-state index is 5.35. The Balaban J connectivity index is 3.30. The second-order valence-corrected chi connectivity index (χ2v) is 4.25. The molecule has 0 aliphatic carbocycles. The predicted molar refractivity (Wildman–Crippen MR) is 72.6 cm³/mol. The van der Waals surface area contributed by atoms with Gasteiger partial charge >= 0.3 is 0 Å². The highest BCUT2D eigenvalue weighted by Crippen LogP contribution is 2.02. The topological polar surface area (TPSA) is 15.3 Å². The van der Waals surface area contributed by atoms with Crippen molar-refractivity contribution in [1.82, 2.24) is 10.2 Å². The summed E-state index contributed by atoms with van der Waals surface area (Å²) in [6, 6.07) is 0. The highest BCUT2D eigenvalue weighted by molar-refractivity contribution is 4.87. The van der Waals surface area contributed by atoms with Crippen LogP contribution in [-0.4, -0.2) is 37.6 Å². The minimum absolute atomic E-state index is 0.811. The molecule has 0 saturated carbocycles. The SMILES string of the molecule is C#CCN(CCC)CCCCCCNCC. The fraction of sp³-hybridized carbons (Fsp3) is 0.857. The van der Waals surface area contributed by atoms with Gasteiger partial charge < -0.3 is 5.32 Å². The van der Waals surface area contributed by atoms with Crippen LogP contribution in [0.2, 0.25) is 0 Å². The number of unbranched alkanes of at least 4 members (excludes halogenated alkanes) is 3. The third kappa shape index (κ3) is 10.0. The second kappa shape index (κ2) is 12.5. The normalized spacial score (nSPS) is 10.6. The molecule has 0 aliphatic heterocycles. The zero-order valence-corrected chi connectivity index (χ0v) is 11.1. The van der Waals surface area contributed by atoms with Crippen molar-refractivity contribution in [2.75, 3.05) is 32.7 Å². The van der Waals surface area contributed by atoms with Gasteiger partial charge in [-0.3, -0.25) is 4.90 Å². The second-order valence-electron chi connectivity index (χ2n) is 4.25. The fourth-order valence-electron chi connectivity index (χ4n) is 1.83. The van der Waals surface area contributed by atoms with Gasteiger partial charge in [-0.25, -0.2) is 0 Å². The molecule has 16 heavy (non-hydrogen) atoms. The Labute approximate surface area is 102 Å². The number of hydrogen-bond donors (Lipinski definition) is 1. The first-order valence-corrected chi connectivity index (χ1v) is 6.71. The van der Waals surface area contributed by atoms with Crippen LogP contribution in [-0.2, 0) is 0 Å². The first-order valence-electron chi connectivity index (χ1n) is 6.71. The van der Waals surface area contributed by atoms with E-state index < -0.39 is 0 Å². The standard InChI is InChI=1S/C14H28N2/c1-4-12-16(13-5-2)14-10-8-7-9-11-15-6-3/h1,15H,5-14H2,2-3H3. The molecule has 0 spiro atoms. The van der Waals surface area contributed by atoms with Crippen LogP contribution >= 0.6 is 0 Å². The van der Waals surface area contributed by atoms with Gasteiger partial charge in [-0.1, -0.05) is 32.6 Å². The van der Waals surface area contributed by atoms with Crippen molar-refractivity contribution < 1.29 is 0 Å². The first-order chi connectivity index (χ1) is 7.85. The lowest BCUT2D eigenvalue weighted by molar-refractivity contribution is 0.299. The molecule has 0 saturated heterocycles. The number of terminal acetylenes is 1. The van der Waals surface area contributed by atoms with Gasteiger partial charge in [-0.05, 0) is 45.4 Å².